The fourth-order valence-corrected chi connectivity index (χ4v) is 4.15. The SMILES string of the molecule is CCn1c(=O)[nH]c(=O)c2cc(C(=O)N3CCN(C(=O)N4CCCCC4)CC3)cnc21. The molecule has 10 heteroatoms. The third-order valence-electron chi connectivity index (χ3n) is 5.86. The molecule has 0 aliphatic carbocycles. The zero-order valence-electron chi connectivity index (χ0n) is 17.1. The number of carbonyl (C=O) groups is 2. The smallest absolute Gasteiger partial charge is 0.329 e. The van der Waals surface area contributed by atoms with E-state index >= 15 is 0 Å². The molecule has 4 heterocycles. The molecule has 2 fully saturated rings. The molecule has 2 aromatic heterocycles. The van der Waals surface area contributed by atoms with Crippen molar-refractivity contribution in [1.82, 2.24) is 29.2 Å². The Morgan fingerprint density at radius 3 is 2.27 bits per heavy atom. The summed E-state index contributed by atoms with van der Waals surface area (Å²) in [5.41, 5.74) is -0.514. The highest BCUT2D eigenvalue weighted by Crippen LogP contribution is 2.15. The van der Waals surface area contributed by atoms with E-state index in [1.54, 1.807) is 16.7 Å². The summed E-state index contributed by atoms with van der Waals surface area (Å²) in [6, 6.07) is 1.54. The molecular weight excluding hydrogens is 388 g/mol. The van der Waals surface area contributed by atoms with Crippen LogP contribution in [0.4, 0.5) is 4.79 Å². The second kappa shape index (κ2) is 8.29. The number of urea groups is 1. The first-order valence-corrected chi connectivity index (χ1v) is 10.5. The molecule has 2 aliphatic heterocycles. The van der Waals surface area contributed by atoms with Crippen LogP contribution in [0.1, 0.15) is 36.5 Å². The Morgan fingerprint density at radius 2 is 1.60 bits per heavy atom. The number of rotatable bonds is 2. The average Bonchev–Trinajstić information content (AvgIpc) is 2.79. The summed E-state index contributed by atoms with van der Waals surface area (Å²) in [6.45, 7) is 5.58. The Bertz CT molecular complexity index is 1080. The van der Waals surface area contributed by atoms with Crippen molar-refractivity contribution in [2.45, 2.75) is 32.7 Å². The minimum absolute atomic E-state index is 0.0539. The number of fused-ring (bicyclic) bond motifs is 1. The van der Waals surface area contributed by atoms with Gasteiger partial charge >= 0.3 is 11.7 Å². The molecule has 1 N–H and O–H groups in total. The van der Waals surface area contributed by atoms with Gasteiger partial charge in [0.15, 0.2) is 0 Å². The number of pyridine rings is 1. The Hall–Kier alpha value is -3.17. The van der Waals surface area contributed by atoms with E-state index in [-0.39, 0.29) is 23.0 Å². The van der Waals surface area contributed by atoms with Crippen LogP contribution in [-0.2, 0) is 6.54 Å². The highest BCUT2D eigenvalue weighted by atomic mass is 16.2. The van der Waals surface area contributed by atoms with Gasteiger partial charge in [0, 0.05) is 52.0 Å². The van der Waals surface area contributed by atoms with Gasteiger partial charge in [0.25, 0.3) is 11.5 Å². The molecule has 0 radical (unpaired) electrons. The van der Waals surface area contributed by atoms with Crippen LogP contribution in [0.25, 0.3) is 11.0 Å². The number of piperazine rings is 1. The molecule has 2 aromatic rings. The van der Waals surface area contributed by atoms with Gasteiger partial charge < -0.3 is 14.7 Å². The van der Waals surface area contributed by atoms with Gasteiger partial charge in [-0.3, -0.25) is 19.1 Å². The number of likely N-dealkylation sites (tertiary alicyclic amines) is 1. The van der Waals surface area contributed by atoms with E-state index in [1.807, 2.05) is 4.90 Å². The maximum absolute atomic E-state index is 12.9. The topological polar surface area (TPSA) is 112 Å². The molecular formula is C20H26N6O4. The quantitative estimate of drug-likeness (QED) is 0.768. The van der Waals surface area contributed by atoms with Crippen LogP contribution in [0.15, 0.2) is 21.9 Å². The van der Waals surface area contributed by atoms with E-state index < -0.39 is 11.2 Å². The molecule has 0 atom stereocenters. The lowest BCUT2D eigenvalue weighted by Crippen LogP contribution is -2.54. The van der Waals surface area contributed by atoms with Gasteiger partial charge in [0.2, 0.25) is 0 Å². The number of aromatic amines is 1. The minimum atomic E-state index is -0.557. The van der Waals surface area contributed by atoms with Gasteiger partial charge in [-0.25, -0.2) is 14.6 Å². The second-order valence-electron chi connectivity index (χ2n) is 7.71. The number of carbonyl (C=O) groups excluding carboxylic acids is 2. The van der Waals surface area contributed by atoms with Crippen molar-refractivity contribution >= 4 is 23.0 Å². The number of aromatic nitrogens is 3. The molecule has 2 saturated heterocycles. The van der Waals surface area contributed by atoms with Crippen LogP contribution in [0.3, 0.4) is 0 Å². The first-order chi connectivity index (χ1) is 14.5. The van der Waals surface area contributed by atoms with E-state index in [1.165, 1.54) is 23.3 Å². The maximum atomic E-state index is 12.9. The number of amides is 3. The van der Waals surface area contributed by atoms with E-state index in [0.717, 1.165) is 25.9 Å². The van der Waals surface area contributed by atoms with Crippen molar-refractivity contribution in [2.24, 2.45) is 0 Å². The molecule has 10 nitrogen and oxygen atoms in total. The lowest BCUT2D eigenvalue weighted by Gasteiger charge is -2.38. The fraction of sp³-hybridized carbons (Fsp3) is 0.550. The van der Waals surface area contributed by atoms with Crippen molar-refractivity contribution < 1.29 is 9.59 Å². The number of hydrogen-bond acceptors (Lipinski definition) is 5. The highest BCUT2D eigenvalue weighted by molar-refractivity contribution is 5.96. The molecule has 3 amide bonds. The molecule has 0 saturated carbocycles. The number of piperidine rings is 1. The number of nitrogens with one attached hydrogen (secondary N) is 1. The molecule has 0 unspecified atom stereocenters. The van der Waals surface area contributed by atoms with E-state index in [4.69, 9.17) is 0 Å². The minimum Gasteiger partial charge on any atom is -0.335 e. The molecule has 2 aliphatic rings. The zero-order valence-corrected chi connectivity index (χ0v) is 17.1. The van der Waals surface area contributed by atoms with Gasteiger partial charge in [0.1, 0.15) is 5.65 Å². The van der Waals surface area contributed by atoms with Crippen LogP contribution >= 0.6 is 0 Å². The van der Waals surface area contributed by atoms with Gasteiger partial charge in [0.05, 0.1) is 10.9 Å². The van der Waals surface area contributed by atoms with Crippen molar-refractivity contribution in [3.63, 3.8) is 0 Å². The summed E-state index contributed by atoms with van der Waals surface area (Å²) in [7, 11) is 0. The Labute approximate surface area is 173 Å². The zero-order chi connectivity index (χ0) is 21.3. The largest absolute Gasteiger partial charge is 0.335 e. The van der Waals surface area contributed by atoms with Gasteiger partial charge in [-0.1, -0.05) is 0 Å². The normalized spacial score (nSPS) is 17.4. The molecule has 30 heavy (non-hydrogen) atoms. The second-order valence-corrected chi connectivity index (χ2v) is 7.71. The van der Waals surface area contributed by atoms with Crippen LogP contribution in [0.5, 0.6) is 0 Å². The Kier molecular flexibility index (Phi) is 5.56. The van der Waals surface area contributed by atoms with E-state index in [0.29, 0.717) is 38.3 Å². The summed E-state index contributed by atoms with van der Waals surface area (Å²) in [6.07, 6.45) is 4.67. The molecule has 0 aromatic carbocycles. The first-order valence-electron chi connectivity index (χ1n) is 10.5. The molecule has 4 rings (SSSR count). The van der Waals surface area contributed by atoms with Crippen LogP contribution < -0.4 is 11.2 Å². The first kappa shape index (κ1) is 20.1. The van der Waals surface area contributed by atoms with Crippen molar-refractivity contribution in [1.29, 1.82) is 0 Å². The number of aryl methyl sites for hydroxylation is 1. The lowest BCUT2D eigenvalue weighted by atomic mass is 10.1. The van der Waals surface area contributed by atoms with Crippen LogP contribution in [0.2, 0.25) is 0 Å². The van der Waals surface area contributed by atoms with Crippen molar-refractivity contribution in [3.8, 4) is 0 Å². The Balaban J connectivity index is 1.48. The summed E-state index contributed by atoms with van der Waals surface area (Å²) in [5.74, 6) is -0.233. The number of hydrogen-bond donors (Lipinski definition) is 1. The van der Waals surface area contributed by atoms with Crippen molar-refractivity contribution in [3.05, 3.63) is 38.7 Å². The molecule has 0 bridgehead atoms. The third-order valence-corrected chi connectivity index (χ3v) is 5.86. The van der Waals surface area contributed by atoms with Gasteiger partial charge in [-0.2, -0.15) is 0 Å². The maximum Gasteiger partial charge on any atom is 0.329 e. The Morgan fingerprint density at radius 1 is 0.967 bits per heavy atom. The third kappa shape index (κ3) is 3.69. The van der Waals surface area contributed by atoms with E-state index in [2.05, 4.69) is 9.97 Å². The number of nitrogens with zero attached hydrogens (tertiary/aromatic N) is 5. The van der Waals surface area contributed by atoms with E-state index in [9.17, 15) is 19.2 Å². The molecule has 0 spiro atoms. The van der Waals surface area contributed by atoms with Crippen LogP contribution in [-0.4, -0.2) is 80.4 Å². The summed E-state index contributed by atoms with van der Waals surface area (Å²) in [5, 5.41) is 0.209. The highest BCUT2D eigenvalue weighted by Gasteiger charge is 2.28. The summed E-state index contributed by atoms with van der Waals surface area (Å²) < 4.78 is 1.36. The average molecular weight is 414 g/mol. The van der Waals surface area contributed by atoms with Gasteiger partial charge in [-0.15, -0.1) is 0 Å². The standard InChI is InChI=1S/C20H26N6O4/c1-2-26-16-15(17(27)22-19(26)29)12-14(13-21-16)18(28)23-8-10-25(11-9-23)20(30)24-6-4-3-5-7-24/h12-13H,2-11H2,1H3,(H,22,27,29). The summed E-state index contributed by atoms with van der Waals surface area (Å²) in [4.78, 5) is 61.6. The van der Waals surface area contributed by atoms with Crippen molar-refractivity contribution in [2.75, 3.05) is 39.3 Å². The summed E-state index contributed by atoms with van der Waals surface area (Å²) >= 11 is 0. The fourth-order valence-electron chi connectivity index (χ4n) is 4.15. The lowest BCUT2D eigenvalue weighted by molar-refractivity contribution is 0.0632. The monoisotopic (exact) mass is 414 g/mol. The van der Waals surface area contributed by atoms with Gasteiger partial charge in [-0.05, 0) is 32.3 Å². The predicted octanol–water partition coefficient (Wildman–Crippen LogP) is 0.468. The number of H-pyrrole nitrogens is 1. The molecule has 160 valence electrons. The predicted molar refractivity (Wildman–Crippen MR) is 111 cm³/mol. The van der Waals surface area contributed by atoms with Crippen LogP contribution in [0, 0.1) is 0 Å².